The van der Waals surface area contributed by atoms with Crippen molar-refractivity contribution < 1.29 is 4.79 Å². The van der Waals surface area contributed by atoms with Crippen molar-refractivity contribution in [1.82, 2.24) is 0 Å². The molecule has 0 fully saturated rings. The van der Waals surface area contributed by atoms with Crippen LogP contribution in [-0.2, 0) is 11.2 Å². The molecule has 1 aliphatic rings. The molecule has 15 heavy (non-hydrogen) atoms. The predicted molar refractivity (Wildman–Crippen MR) is 60.8 cm³/mol. The molecule has 0 unspecified atom stereocenters. The van der Waals surface area contributed by atoms with Crippen LogP contribution in [0.15, 0.2) is 18.2 Å². The molecule has 1 heterocycles. The monoisotopic (exact) mass is 204 g/mol. The van der Waals surface area contributed by atoms with Crippen molar-refractivity contribution in [3.05, 3.63) is 29.3 Å². The molecule has 2 rings (SSSR count). The zero-order valence-electron chi connectivity index (χ0n) is 9.16. The van der Waals surface area contributed by atoms with E-state index in [9.17, 15) is 4.79 Å². The van der Waals surface area contributed by atoms with Gasteiger partial charge in [-0.1, -0.05) is 12.1 Å². The lowest BCUT2D eigenvalue weighted by Gasteiger charge is -2.26. The Morgan fingerprint density at radius 1 is 1.40 bits per heavy atom. The maximum atomic E-state index is 11.5. The van der Waals surface area contributed by atoms with Gasteiger partial charge in [-0.3, -0.25) is 4.79 Å². The van der Waals surface area contributed by atoms with Crippen molar-refractivity contribution in [3.8, 4) is 0 Å². The maximum absolute atomic E-state index is 11.5. The van der Waals surface area contributed by atoms with Crippen molar-refractivity contribution in [2.45, 2.75) is 25.8 Å². The van der Waals surface area contributed by atoms with Crippen LogP contribution in [0.4, 0.5) is 5.69 Å². The number of aryl methyl sites for hydroxylation is 1. The minimum Gasteiger partial charge on any atom is -0.324 e. The minimum absolute atomic E-state index is 0.0539. The summed E-state index contributed by atoms with van der Waals surface area (Å²) in [6.45, 7) is 1.97. The number of anilines is 1. The van der Waals surface area contributed by atoms with Crippen LogP contribution in [0.25, 0.3) is 0 Å². The molecule has 3 heteroatoms. The predicted octanol–water partition coefficient (Wildman–Crippen LogP) is 1.62. The molecule has 0 aliphatic carbocycles. The van der Waals surface area contributed by atoms with Gasteiger partial charge < -0.3 is 10.6 Å². The first kappa shape index (κ1) is 10.2. The SMILES string of the molecule is C[C@@H](N)c1ccc2c(c1)CCC(=O)N2C. The van der Waals surface area contributed by atoms with Gasteiger partial charge in [0.05, 0.1) is 0 Å². The topological polar surface area (TPSA) is 46.3 Å². The lowest BCUT2D eigenvalue weighted by Crippen LogP contribution is -2.31. The number of benzene rings is 1. The third kappa shape index (κ3) is 1.75. The van der Waals surface area contributed by atoms with Gasteiger partial charge in [-0.15, -0.1) is 0 Å². The number of carbonyl (C=O) groups is 1. The smallest absolute Gasteiger partial charge is 0.227 e. The van der Waals surface area contributed by atoms with E-state index in [1.54, 1.807) is 4.90 Å². The number of hydrogen-bond acceptors (Lipinski definition) is 2. The lowest BCUT2D eigenvalue weighted by atomic mass is 9.97. The highest BCUT2D eigenvalue weighted by Gasteiger charge is 2.20. The Hall–Kier alpha value is -1.35. The molecule has 1 atom stereocenters. The van der Waals surface area contributed by atoms with E-state index < -0.39 is 0 Å². The third-order valence-corrected chi connectivity index (χ3v) is 2.97. The third-order valence-electron chi connectivity index (χ3n) is 2.97. The summed E-state index contributed by atoms with van der Waals surface area (Å²) in [5.74, 6) is 0.191. The number of nitrogens with two attached hydrogens (primary N) is 1. The second kappa shape index (κ2) is 3.66. The first-order chi connectivity index (χ1) is 7.09. The van der Waals surface area contributed by atoms with E-state index in [-0.39, 0.29) is 11.9 Å². The highest BCUT2D eigenvalue weighted by molar-refractivity contribution is 5.95. The maximum Gasteiger partial charge on any atom is 0.227 e. The largest absolute Gasteiger partial charge is 0.324 e. The Balaban J connectivity index is 2.42. The minimum atomic E-state index is 0.0539. The summed E-state index contributed by atoms with van der Waals surface area (Å²) in [5, 5.41) is 0. The van der Waals surface area contributed by atoms with Crippen molar-refractivity contribution >= 4 is 11.6 Å². The van der Waals surface area contributed by atoms with E-state index in [0.717, 1.165) is 17.7 Å². The van der Waals surface area contributed by atoms with Gasteiger partial charge in [-0.05, 0) is 30.5 Å². The van der Waals surface area contributed by atoms with E-state index in [2.05, 4.69) is 6.07 Å². The van der Waals surface area contributed by atoms with Gasteiger partial charge in [-0.2, -0.15) is 0 Å². The molecule has 1 aromatic carbocycles. The average molecular weight is 204 g/mol. The number of amides is 1. The fourth-order valence-electron chi connectivity index (χ4n) is 1.96. The van der Waals surface area contributed by atoms with Crippen LogP contribution < -0.4 is 10.6 Å². The summed E-state index contributed by atoms with van der Waals surface area (Å²) in [6, 6.07) is 6.16. The van der Waals surface area contributed by atoms with Gasteiger partial charge in [0.25, 0.3) is 0 Å². The second-order valence-corrected chi connectivity index (χ2v) is 4.13. The van der Waals surface area contributed by atoms with Gasteiger partial charge in [0, 0.05) is 25.2 Å². The molecule has 3 nitrogen and oxygen atoms in total. The summed E-state index contributed by atoms with van der Waals surface area (Å²) in [4.78, 5) is 13.2. The zero-order chi connectivity index (χ0) is 11.0. The van der Waals surface area contributed by atoms with E-state index in [1.165, 1.54) is 5.56 Å². The van der Waals surface area contributed by atoms with Crippen LogP contribution in [0.1, 0.15) is 30.5 Å². The van der Waals surface area contributed by atoms with Gasteiger partial charge in [-0.25, -0.2) is 0 Å². The van der Waals surface area contributed by atoms with Crippen LogP contribution in [0.3, 0.4) is 0 Å². The average Bonchev–Trinajstić information content (AvgIpc) is 2.23. The molecule has 1 amide bonds. The van der Waals surface area contributed by atoms with E-state index in [4.69, 9.17) is 5.73 Å². The molecular weight excluding hydrogens is 188 g/mol. The van der Waals surface area contributed by atoms with E-state index >= 15 is 0 Å². The Bertz CT molecular complexity index is 399. The molecule has 1 aromatic rings. The van der Waals surface area contributed by atoms with Crippen molar-refractivity contribution in [2.24, 2.45) is 5.73 Å². The molecule has 0 saturated heterocycles. The first-order valence-electron chi connectivity index (χ1n) is 5.24. The van der Waals surface area contributed by atoms with Gasteiger partial charge >= 0.3 is 0 Å². The van der Waals surface area contributed by atoms with Crippen LogP contribution in [-0.4, -0.2) is 13.0 Å². The van der Waals surface area contributed by atoms with Gasteiger partial charge in [0.2, 0.25) is 5.91 Å². The second-order valence-electron chi connectivity index (χ2n) is 4.13. The van der Waals surface area contributed by atoms with Crippen LogP contribution in [0, 0.1) is 0 Å². The van der Waals surface area contributed by atoms with Gasteiger partial charge in [0.15, 0.2) is 0 Å². The number of nitrogens with zero attached hydrogens (tertiary/aromatic N) is 1. The number of fused-ring (bicyclic) bond motifs is 1. The molecule has 0 spiro atoms. The van der Waals surface area contributed by atoms with E-state index in [0.29, 0.717) is 6.42 Å². The molecule has 1 aliphatic heterocycles. The lowest BCUT2D eigenvalue weighted by molar-refractivity contribution is -0.118. The standard InChI is InChI=1S/C12H16N2O/c1-8(13)9-3-5-11-10(7-9)4-6-12(15)14(11)2/h3,5,7-8H,4,6,13H2,1-2H3/t8-/m1/s1. The molecule has 0 saturated carbocycles. The number of carbonyl (C=O) groups excluding carboxylic acids is 1. The zero-order valence-corrected chi connectivity index (χ0v) is 9.16. The molecule has 80 valence electrons. The molecule has 0 radical (unpaired) electrons. The summed E-state index contributed by atoms with van der Waals surface area (Å²) >= 11 is 0. The van der Waals surface area contributed by atoms with Crippen molar-refractivity contribution in [2.75, 3.05) is 11.9 Å². The summed E-state index contributed by atoms with van der Waals surface area (Å²) in [5.41, 5.74) is 9.22. The Kier molecular flexibility index (Phi) is 2.49. The Morgan fingerprint density at radius 2 is 2.13 bits per heavy atom. The number of hydrogen-bond donors (Lipinski definition) is 1. The first-order valence-corrected chi connectivity index (χ1v) is 5.24. The van der Waals surface area contributed by atoms with Crippen molar-refractivity contribution in [3.63, 3.8) is 0 Å². The summed E-state index contributed by atoms with van der Waals surface area (Å²) in [7, 11) is 1.83. The summed E-state index contributed by atoms with van der Waals surface area (Å²) < 4.78 is 0. The Morgan fingerprint density at radius 3 is 2.80 bits per heavy atom. The molecule has 0 bridgehead atoms. The highest BCUT2D eigenvalue weighted by atomic mass is 16.2. The van der Waals surface area contributed by atoms with Crippen LogP contribution >= 0.6 is 0 Å². The Labute approximate surface area is 89.9 Å². The van der Waals surface area contributed by atoms with Crippen molar-refractivity contribution in [1.29, 1.82) is 0 Å². The van der Waals surface area contributed by atoms with Gasteiger partial charge in [0.1, 0.15) is 0 Å². The fraction of sp³-hybridized carbons (Fsp3) is 0.417. The number of rotatable bonds is 1. The molecule has 0 aromatic heterocycles. The van der Waals surface area contributed by atoms with Crippen LogP contribution in [0.2, 0.25) is 0 Å². The fourth-order valence-corrected chi connectivity index (χ4v) is 1.96. The highest BCUT2D eigenvalue weighted by Crippen LogP contribution is 2.28. The summed E-state index contributed by atoms with van der Waals surface area (Å²) in [6.07, 6.45) is 1.44. The quantitative estimate of drug-likeness (QED) is 0.755. The molecular formula is C12H16N2O. The molecule has 2 N–H and O–H groups in total. The normalized spacial score (nSPS) is 17.5. The van der Waals surface area contributed by atoms with E-state index in [1.807, 2.05) is 26.1 Å². The van der Waals surface area contributed by atoms with Crippen LogP contribution in [0.5, 0.6) is 0 Å².